The van der Waals surface area contributed by atoms with Crippen LogP contribution in [-0.4, -0.2) is 17.0 Å². The predicted octanol–water partition coefficient (Wildman–Crippen LogP) is 2.33. The van der Waals surface area contributed by atoms with E-state index >= 15 is 0 Å². The summed E-state index contributed by atoms with van der Waals surface area (Å²) < 4.78 is 4.91. The molecule has 6 nitrogen and oxygen atoms in total. The van der Waals surface area contributed by atoms with E-state index in [1.54, 1.807) is 13.0 Å². The standard InChI is InChI=1S/C17H19N3O3/c1-11-3-5-13(6-4-11)10-18-15(21)17(7-8-17)16(22)19-14-9-12(2)23-20-14/h3-6,9H,7-8,10H2,1-2H3,(H,18,21)(H,19,20,22). The lowest BCUT2D eigenvalue weighted by molar-refractivity contribution is -0.134. The number of hydrogen-bond donors (Lipinski definition) is 2. The number of carbonyl (C=O) groups excluding carboxylic acids is 2. The van der Waals surface area contributed by atoms with Crippen LogP contribution >= 0.6 is 0 Å². The van der Waals surface area contributed by atoms with Crippen molar-refractivity contribution in [2.75, 3.05) is 5.32 Å². The Labute approximate surface area is 134 Å². The van der Waals surface area contributed by atoms with Gasteiger partial charge in [0, 0.05) is 12.6 Å². The summed E-state index contributed by atoms with van der Waals surface area (Å²) in [6.45, 7) is 4.17. The number of benzene rings is 1. The number of nitrogens with zero attached hydrogens (tertiary/aromatic N) is 1. The fourth-order valence-electron chi connectivity index (χ4n) is 2.40. The van der Waals surface area contributed by atoms with Gasteiger partial charge in [-0.15, -0.1) is 0 Å². The highest BCUT2D eigenvalue weighted by atomic mass is 16.5. The number of aromatic nitrogens is 1. The Bertz CT molecular complexity index is 730. The molecule has 1 aromatic carbocycles. The molecular weight excluding hydrogens is 294 g/mol. The van der Waals surface area contributed by atoms with Crippen molar-refractivity contribution in [3.8, 4) is 0 Å². The summed E-state index contributed by atoms with van der Waals surface area (Å²) in [6.07, 6.45) is 1.10. The van der Waals surface area contributed by atoms with Crippen LogP contribution in [0.15, 0.2) is 34.9 Å². The molecule has 23 heavy (non-hydrogen) atoms. The second-order valence-electron chi connectivity index (χ2n) is 6.03. The Hall–Kier alpha value is -2.63. The number of carbonyl (C=O) groups is 2. The van der Waals surface area contributed by atoms with Gasteiger partial charge in [0.1, 0.15) is 11.2 Å². The van der Waals surface area contributed by atoms with E-state index in [2.05, 4.69) is 15.8 Å². The molecule has 0 unspecified atom stereocenters. The van der Waals surface area contributed by atoms with Gasteiger partial charge in [-0.05, 0) is 32.3 Å². The van der Waals surface area contributed by atoms with Crippen molar-refractivity contribution in [1.29, 1.82) is 0 Å². The molecule has 0 saturated heterocycles. The maximum Gasteiger partial charge on any atom is 0.241 e. The quantitative estimate of drug-likeness (QED) is 0.830. The van der Waals surface area contributed by atoms with Crippen molar-refractivity contribution in [2.45, 2.75) is 33.2 Å². The van der Waals surface area contributed by atoms with E-state index in [1.807, 2.05) is 31.2 Å². The molecule has 2 N–H and O–H groups in total. The van der Waals surface area contributed by atoms with E-state index in [-0.39, 0.29) is 11.8 Å². The third-order valence-electron chi connectivity index (χ3n) is 4.06. The van der Waals surface area contributed by atoms with Crippen LogP contribution in [0.5, 0.6) is 0 Å². The maximum absolute atomic E-state index is 12.4. The highest BCUT2D eigenvalue weighted by Crippen LogP contribution is 2.46. The molecule has 1 fully saturated rings. The summed E-state index contributed by atoms with van der Waals surface area (Å²) >= 11 is 0. The summed E-state index contributed by atoms with van der Waals surface area (Å²) in [5.74, 6) is 0.377. The summed E-state index contributed by atoms with van der Waals surface area (Å²) in [6, 6.07) is 9.54. The molecule has 1 aromatic heterocycles. The third kappa shape index (κ3) is 3.26. The lowest BCUT2D eigenvalue weighted by atomic mass is 10.0. The highest BCUT2D eigenvalue weighted by Gasteiger charge is 2.56. The minimum Gasteiger partial charge on any atom is -0.360 e. The van der Waals surface area contributed by atoms with Crippen molar-refractivity contribution in [1.82, 2.24) is 10.5 Å². The number of aryl methyl sites for hydroxylation is 2. The first kappa shape index (κ1) is 15.3. The van der Waals surface area contributed by atoms with E-state index in [1.165, 1.54) is 5.56 Å². The van der Waals surface area contributed by atoms with Crippen LogP contribution in [0.1, 0.15) is 29.7 Å². The van der Waals surface area contributed by atoms with Crippen molar-refractivity contribution in [3.05, 3.63) is 47.2 Å². The smallest absolute Gasteiger partial charge is 0.241 e. The minimum absolute atomic E-state index is 0.240. The molecule has 3 rings (SSSR count). The molecule has 6 heteroatoms. The molecule has 1 saturated carbocycles. The first-order valence-corrected chi connectivity index (χ1v) is 7.58. The Morgan fingerprint density at radius 2 is 1.87 bits per heavy atom. The SMILES string of the molecule is Cc1ccc(CNC(=O)C2(C(=O)Nc3cc(C)on3)CC2)cc1. The van der Waals surface area contributed by atoms with Gasteiger partial charge in [-0.3, -0.25) is 9.59 Å². The number of hydrogen-bond acceptors (Lipinski definition) is 4. The number of anilines is 1. The zero-order chi connectivity index (χ0) is 16.4. The average Bonchev–Trinajstić information content (AvgIpc) is 3.25. The zero-order valence-electron chi connectivity index (χ0n) is 13.2. The molecule has 0 atom stereocenters. The third-order valence-corrected chi connectivity index (χ3v) is 4.06. The summed E-state index contributed by atoms with van der Waals surface area (Å²) in [4.78, 5) is 24.7. The molecule has 1 aliphatic carbocycles. The molecule has 2 aromatic rings. The largest absolute Gasteiger partial charge is 0.360 e. The first-order chi connectivity index (χ1) is 11.0. The normalized spacial score (nSPS) is 15.0. The average molecular weight is 313 g/mol. The van der Waals surface area contributed by atoms with Crippen LogP contribution in [0.25, 0.3) is 0 Å². The van der Waals surface area contributed by atoms with E-state index in [9.17, 15) is 9.59 Å². The Morgan fingerprint density at radius 1 is 1.17 bits per heavy atom. The number of rotatable bonds is 5. The van der Waals surface area contributed by atoms with E-state index in [4.69, 9.17) is 4.52 Å². The fraction of sp³-hybridized carbons (Fsp3) is 0.353. The Kier molecular flexibility index (Phi) is 3.90. The van der Waals surface area contributed by atoms with Gasteiger partial charge in [0.2, 0.25) is 11.8 Å². The van der Waals surface area contributed by atoms with Gasteiger partial charge in [0.15, 0.2) is 5.82 Å². The first-order valence-electron chi connectivity index (χ1n) is 7.58. The van der Waals surface area contributed by atoms with Crippen molar-refractivity contribution >= 4 is 17.6 Å². The highest BCUT2D eigenvalue weighted by molar-refractivity contribution is 6.12. The van der Waals surface area contributed by atoms with Crippen LogP contribution in [-0.2, 0) is 16.1 Å². The molecule has 2 amide bonds. The van der Waals surface area contributed by atoms with Gasteiger partial charge >= 0.3 is 0 Å². The molecular formula is C17H19N3O3. The molecule has 1 aliphatic rings. The fourth-order valence-corrected chi connectivity index (χ4v) is 2.40. The Balaban J connectivity index is 1.59. The van der Waals surface area contributed by atoms with Crippen LogP contribution in [0.2, 0.25) is 0 Å². The van der Waals surface area contributed by atoms with Crippen molar-refractivity contribution < 1.29 is 14.1 Å². The van der Waals surface area contributed by atoms with E-state index < -0.39 is 5.41 Å². The molecule has 0 spiro atoms. The maximum atomic E-state index is 12.4. The topological polar surface area (TPSA) is 84.2 Å². The zero-order valence-corrected chi connectivity index (χ0v) is 13.2. The summed E-state index contributed by atoms with van der Waals surface area (Å²) in [7, 11) is 0. The van der Waals surface area contributed by atoms with Gasteiger partial charge in [0.05, 0.1) is 0 Å². The minimum atomic E-state index is -0.975. The molecule has 0 radical (unpaired) electrons. The second kappa shape index (κ2) is 5.87. The van der Waals surface area contributed by atoms with Crippen molar-refractivity contribution in [2.24, 2.45) is 5.41 Å². The monoisotopic (exact) mass is 313 g/mol. The van der Waals surface area contributed by atoms with Gasteiger partial charge in [-0.25, -0.2) is 0 Å². The van der Waals surface area contributed by atoms with Crippen molar-refractivity contribution in [3.63, 3.8) is 0 Å². The molecule has 0 aliphatic heterocycles. The van der Waals surface area contributed by atoms with Crippen LogP contribution in [0.4, 0.5) is 5.82 Å². The van der Waals surface area contributed by atoms with Gasteiger partial charge in [0.25, 0.3) is 0 Å². The van der Waals surface area contributed by atoms with Crippen LogP contribution in [0.3, 0.4) is 0 Å². The lowest BCUT2D eigenvalue weighted by Gasteiger charge is -2.14. The van der Waals surface area contributed by atoms with E-state index in [0.29, 0.717) is 31.0 Å². The van der Waals surface area contributed by atoms with Gasteiger partial charge in [-0.1, -0.05) is 35.0 Å². The molecule has 0 bridgehead atoms. The summed E-state index contributed by atoms with van der Waals surface area (Å²) in [5.41, 5.74) is 1.20. The van der Waals surface area contributed by atoms with Gasteiger partial charge in [-0.2, -0.15) is 0 Å². The summed E-state index contributed by atoms with van der Waals surface area (Å²) in [5, 5.41) is 9.22. The molecule has 1 heterocycles. The lowest BCUT2D eigenvalue weighted by Crippen LogP contribution is -2.39. The predicted molar refractivity (Wildman–Crippen MR) is 84.6 cm³/mol. The van der Waals surface area contributed by atoms with E-state index in [0.717, 1.165) is 5.56 Å². The van der Waals surface area contributed by atoms with Crippen LogP contribution in [0, 0.1) is 19.3 Å². The van der Waals surface area contributed by atoms with Gasteiger partial charge < -0.3 is 15.2 Å². The van der Waals surface area contributed by atoms with Crippen LogP contribution < -0.4 is 10.6 Å². The molecule has 120 valence electrons. The second-order valence-corrected chi connectivity index (χ2v) is 6.03. The Morgan fingerprint density at radius 3 is 2.43 bits per heavy atom. The number of amides is 2. The number of nitrogens with one attached hydrogen (secondary N) is 2.